The van der Waals surface area contributed by atoms with E-state index in [0.717, 1.165) is 5.39 Å². The summed E-state index contributed by atoms with van der Waals surface area (Å²) in [4.78, 5) is 4.29. The molecule has 2 aromatic heterocycles. The summed E-state index contributed by atoms with van der Waals surface area (Å²) in [5.41, 5.74) is 1.89. The van der Waals surface area contributed by atoms with Crippen LogP contribution in [-0.4, -0.2) is 10.1 Å². The number of hydrogen-bond acceptors (Lipinski definition) is 4. The summed E-state index contributed by atoms with van der Waals surface area (Å²) in [6, 6.07) is 15.9. The number of aromatic hydroxyl groups is 1. The molecule has 0 spiro atoms. The number of phenolic OH excluding ortho intramolecular Hbond substituents is 1. The van der Waals surface area contributed by atoms with Crippen molar-refractivity contribution in [2.75, 3.05) is 5.32 Å². The van der Waals surface area contributed by atoms with Crippen molar-refractivity contribution in [2.45, 2.75) is 6.04 Å². The topological polar surface area (TPSA) is 58.3 Å². The number of nitrogens with zero attached hydrogens (tertiary/aromatic N) is 1. The van der Waals surface area contributed by atoms with Crippen LogP contribution >= 0.6 is 23.2 Å². The first-order valence-electron chi connectivity index (χ1n) is 7.94. The molecular formula is C20H14Cl2N2O2. The number of fused-ring (bicyclic) bond motifs is 1. The molecular weight excluding hydrogens is 371 g/mol. The van der Waals surface area contributed by atoms with Gasteiger partial charge in [0.05, 0.1) is 6.26 Å². The molecule has 0 saturated heterocycles. The smallest absolute Gasteiger partial charge is 0.147 e. The first-order valence-corrected chi connectivity index (χ1v) is 8.70. The Kier molecular flexibility index (Phi) is 4.45. The number of halogens is 2. The Morgan fingerprint density at radius 1 is 1.00 bits per heavy atom. The fourth-order valence-electron chi connectivity index (χ4n) is 2.94. The molecule has 0 aliphatic heterocycles. The van der Waals surface area contributed by atoms with Crippen molar-refractivity contribution in [3.05, 3.63) is 88.4 Å². The van der Waals surface area contributed by atoms with Gasteiger partial charge in [0.25, 0.3) is 0 Å². The molecule has 0 radical (unpaired) electrons. The van der Waals surface area contributed by atoms with Crippen LogP contribution in [0.5, 0.6) is 5.75 Å². The quantitative estimate of drug-likeness (QED) is 0.450. The van der Waals surface area contributed by atoms with Crippen LogP contribution in [0.2, 0.25) is 10.0 Å². The zero-order chi connectivity index (χ0) is 18.1. The van der Waals surface area contributed by atoms with Crippen molar-refractivity contribution in [1.82, 2.24) is 4.98 Å². The van der Waals surface area contributed by atoms with E-state index >= 15 is 0 Å². The van der Waals surface area contributed by atoms with Crippen LogP contribution in [0.1, 0.15) is 17.4 Å². The van der Waals surface area contributed by atoms with Crippen molar-refractivity contribution >= 4 is 39.8 Å². The summed E-state index contributed by atoms with van der Waals surface area (Å²) in [5.74, 6) is 0.747. The van der Waals surface area contributed by atoms with E-state index in [9.17, 15) is 5.11 Å². The van der Waals surface area contributed by atoms with Gasteiger partial charge in [0.2, 0.25) is 0 Å². The van der Waals surface area contributed by atoms with Crippen molar-refractivity contribution in [3.63, 3.8) is 0 Å². The number of pyridine rings is 1. The SMILES string of the molecule is Oc1c(C(Nc2cc(Cl)cc(Cl)c2)c2ccco2)ccc2cccnc12. The van der Waals surface area contributed by atoms with Gasteiger partial charge in [-0.3, -0.25) is 4.98 Å². The maximum Gasteiger partial charge on any atom is 0.147 e. The Bertz CT molecular complexity index is 1040. The number of anilines is 1. The number of aromatic nitrogens is 1. The molecule has 4 aromatic rings. The van der Waals surface area contributed by atoms with E-state index in [1.807, 2.05) is 30.3 Å². The molecule has 2 heterocycles. The highest BCUT2D eigenvalue weighted by Gasteiger charge is 2.22. The molecule has 0 saturated carbocycles. The standard InChI is InChI=1S/C20H14Cl2N2O2/c21-13-9-14(22)11-15(10-13)24-19(17-4-2-8-26-17)16-6-5-12-3-1-7-23-18(12)20(16)25/h1-11,19,24-25H. The molecule has 0 aliphatic rings. The third-order valence-corrected chi connectivity index (χ3v) is 4.53. The molecule has 4 rings (SSSR count). The second kappa shape index (κ2) is 6.90. The van der Waals surface area contributed by atoms with Crippen LogP contribution in [0.4, 0.5) is 5.69 Å². The molecule has 26 heavy (non-hydrogen) atoms. The molecule has 0 bridgehead atoms. The first-order chi connectivity index (χ1) is 12.6. The Morgan fingerprint density at radius 2 is 1.81 bits per heavy atom. The fraction of sp³-hybridized carbons (Fsp3) is 0.0500. The van der Waals surface area contributed by atoms with Gasteiger partial charge in [-0.05, 0) is 36.4 Å². The molecule has 130 valence electrons. The Balaban J connectivity index is 1.83. The zero-order valence-electron chi connectivity index (χ0n) is 13.5. The molecule has 6 heteroatoms. The van der Waals surface area contributed by atoms with Gasteiger partial charge < -0.3 is 14.8 Å². The van der Waals surface area contributed by atoms with Crippen LogP contribution in [0, 0.1) is 0 Å². The lowest BCUT2D eigenvalue weighted by Crippen LogP contribution is -2.12. The predicted molar refractivity (Wildman–Crippen MR) is 104 cm³/mol. The van der Waals surface area contributed by atoms with Crippen molar-refractivity contribution in [2.24, 2.45) is 0 Å². The van der Waals surface area contributed by atoms with Crippen LogP contribution < -0.4 is 5.32 Å². The zero-order valence-corrected chi connectivity index (χ0v) is 15.0. The summed E-state index contributed by atoms with van der Waals surface area (Å²) < 4.78 is 5.59. The van der Waals surface area contributed by atoms with Gasteiger partial charge in [-0.25, -0.2) is 0 Å². The number of hydrogen-bond donors (Lipinski definition) is 2. The third kappa shape index (κ3) is 3.21. The van der Waals surface area contributed by atoms with E-state index in [1.165, 1.54) is 0 Å². The molecule has 1 unspecified atom stereocenters. The maximum atomic E-state index is 10.8. The van der Waals surface area contributed by atoms with E-state index in [4.69, 9.17) is 27.6 Å². The lowest BCUT2D eigenvalue weighted by atomic mass is 10.0. The molecule has 1 atom stereocenters. The summed E-state index contributed by atoms with van der Waals surface area (Å²) in [6.45, 7) is 0. The van der Waals surface area contributed by atoms with Crippen molar-refractivity contribution in [3.8, 4) is 5.75 Å². The summed E-state index contributed by atoms with van der Waals surface area (Å²) in [6.07, 6.45) is 3.24. The average molecular weight is 385 g/mol. The first kappa shape index (κ1) is 16.8. The summed E-state index contributed by atoms with van der Waals surface area (Å²) in [7, 11) is 0. The molecule has 2 aromatic carbocycles. The van der Waals surface area contributed by atoms with Gasteiger partial charge in [0.15, 0.2) is 0 Å². The summed E-state index contributed by atoms with van der Waals surface area (Å²) in [5, 5.41) is 16.0. The number of phenols is 1. The largest absolute Gasteiger partial charge is 0.505 e. The van der Waals surface area contributed by atoms with Crippen LogP contribution in [0.3, 0.4) is 0 Å². The second-order valence-electron chi connectivity index (χ2n) is 5.83. The minimum Gasteiger partial charge on any atom is -0.505 e. The number of benzene rings is 2. The third-order valence-electron chi connectivity index (χ3n) is 4.09. The fourth-order valence-corrected chi connectivity index (χ4v) is 3.47. The lowest BCUT2D eigenvalue weighted by Gasteiger charge is -2.20. The summed E-state index contributed by atoms with van der Waals surface area (Å²) >= 11 is 12.2. The lowest BCUT2D eigenvalue weighted by molar-refractivity contribution is 0.458. The highest BCUT2D eigenvalue weighted by atomic mass is 35.5. The highest BCUT2D eigenvalue weighted by Crippen LogP contribution is 2.37. The van der Waals surface area contributed by atoms with Crippen LogP contribution in [-0.2, 0) is 0 Å². The van der Waals surface area contributed by atoms with Crippen LogP contribution in [0.15, 0.2) is 71.5 Å². The Hall–Kier alpha value is -2.69. The van der Waals surface area contributed by atoms with Gasteiger partial charge >= 0.3 is 0 Å². The van der Waals surface area contributed by atoms with Gasteiger partial charge in [-0.15, -0.1) is 0 Å². The van der Waals surface area contributed by atoms with Crippen molar-refractivity contribution in [1.29, 1.82) is 0 Å². The van der Waals surface area contributed by atoms with E-state index in [-0.39, 0.29) is 5.75 Å². The molecule has 2 N–H and O–H groups in total. The number of rotatable bonds is 4. The van der Waals surface area contributed by atoms with E-state index < -0.39 is 6.04 Å². The predicted octanol–water partition coefficient (Wildman–Crippen LogP) is 6.04. The Morgan fingerprint density at radius 3 is 2.54 bits per heavy atom. The molecule has 4 nitrogen and oxygen atoms in total. The van der Waals surface area contributed by atoms with Gasteiger partial charge in [0.1, 0.15) is 23.1 Å². The van der Waals surface area contributed by atoms with Gasteiger partial charge in [0, 0.05) is 32.9 Å². The minimum absolute atomic E-state index is 0.102. The highest BCUT2D eigenvalue weighted by molar-refractivity contribution is 6.35. The number of nitrogens with one attached hydrogen (secondary N) is 1. The normalized spacial score (nSPS) is 12.2. The van der Waals surface area contributed by atoms with Gasteiger partial charge in [-0.1, -0.05) is 41.4 Å². The minimum atomic E-state index is -0.439. The molecule has 0 amide bonds. The molecule has 0 fully saturated rings. The van der Waals surface area contributed by atoms with E-state index in [1.54, 1.807) is 36.7 Å². The van der Waals surface area contributed by atoms with Gasteiger partial charge in [-0.2, -0.15) is 0 Å². The second-order valence-corrected chi connectivity index (χ2v) is 6.70. The molecule has 0 aliphatic carbocycles. The monoisotopic (exact) mass is 384 g/mol. The number of furan rings is 1. The van der Waals surface area contributed by atoms with Crippen molar-refractivity contribution < 1.29 is 9.52 Å². The van der Waals surface area contributed by atoms with Crippen LogP contribution in [0.25, 0.3) is 10.9 Å². The Labute approximate surface area is 160 Å². The van der Waals surface area contributed by atoms with E-state index in [2.05, 4.69) is 10.3 Å². The van der Waals surface area contributed by atoms with E-state index in [0.29, 0.717) is 32.6 Å². The maximum absolute atomic E-state index is 10.8. The average Bonchev–Trinajstić information content (AvgIpc) is 3.14.